The molecule has 188 valence electrons. The van der Waals surface area contributed by atoms with Crippen LogP contribution in [0, 0.1) is 5.92 Å². The van der Waals surface area contributed by atoms with E-state index in [1.807, 2.05) is 0 Å². The predicted molar refractivity (Wildman–Crippen MR) is 122 cm³/mol. The van der Waals surface area contributed by atoms with Crippen LogP contribution in [0.3, 0.4) is 0 Å². The Morgan fingerprint density at radius 1 is 1.21 bits per heavy atom. The number of aromatic amines is 1. The van der Waals surface area contributed by atoms with Crippen LogP contribution in [0.5, 0.6) is 0 Å². The molecule has 0 bridgehead atoms. The van der Waals surface area contributed by atoms with E-state index in [0.717, 1.165) is 32.1 Å². The van der Waals surface area contributed by atoms with Crippen molar-refractivity contribution in [2.75, 3.05) is 14.2 Å². The molecule has 0 aliphatic heterocycles. The van der Waals surface area contributed by atoms with Gasteiger partial charge in [0, 0.05) is 26.8 Å². The highest BCUT2D eigenvalue weighted by atomic mass is 31.2. The van der Waals surface area contributed by atoms with Crippen LogP contribution >= 0.6 is 7.60 Å². The highest BCUT2D eigenvalue weighted by molar-refractivity contribution is 7.54. The van der Waals surface area contributed by atoms with Crippen LogP contribution in [-0.4, -0.2) is 65.3 Å². The number of aliphatic hydroxyl groups excluding tert-OH is 1. The number of imidazole rings is 1. The molecule has 1 aliphatic carbocycles. The lowest BCUT2D eigenvalue weighted by Gasteiger charge is -2.33. The molecule has 1 unspecified atom stereocenters. The van der Waals surface area contributed by atoms with Crippen molar-refractivity contribution in [3.63, 3.8) is 0 Å². The molecule has 1 aromatic rings. The van der Waals surface area contributed by atoms with E-state index in [4.69, 9.17) is 13.8 Å². The number of aromatic nitrogens is 2. The molecule has 2 rings (SSSR count). The van der Waals surface area contributed by atoms with Crippen LogP contribution in [0.15, 0.2) is 12.5 Å². The number of rotatable bonds is 12. The number of nitrogens with zero attached hydrogens (tertiary/aromatic N) is 1. The first-order chi connectivity index (χ1) is 15.7. The van der Waals surface area contributed by atoms with E-state index in [1.54, 1.807) is 20.0 Å². The van der Waals surface area contributed by atoms with Gasteiger partial charge in [0.2, 0.25) is 5.91 Å². The molecule has 0 aromatic carbocycles. The summed E-state index contributed by atoms with van der Waals surface area (Å²) in [6, 6.07) is -1.92. The molecule has 4 N–H and O–H groups in total. The van der Waals surface area contributed by atoms with E-state index in [9.17, 15) is 19.3 Å². The van der Waals surface area contributed by atoms with Crippen LogP contribution in [0.1, 0.15) is 58.1 Å². The normalized spacial score (nSPS) is 17.9. The number of hydrogen-bond donors (Lipinski definition) is 4. The largest absolute Gasteiger partial charge is 0.447 e. The molecule has 11 nitrogen and oxygen atoms in total. The van der Waals surface area contributed by atoms with Gasteiger partial charge >= 0.3 is 13.7 Å². The molecule has 1 fully saturated rings. The zero-order valence-electron chi connectivity index (χ0n) is 19.8. The van der Waals surface area contributed by atoms with Gasteiger partial charge in [-0.2, -0.15) is 0 Å². The van der Waals surface area contributed by atoms with E-state index >= 15 is 0 Å². The third-order valence-electron chi connectivity index (χ3n) is 5.75. The zero-order chi connectivity index (χ0) is 24.4. The van der Waals surface area contributed by atoms with E-state index in [1.165, 1.54) is 20.5 Å². The van der Waals surface area contributed by atoms with Gasteiger partial charge in [0.05, 0.1) is 24.2 Å². The maximum absolute atomic E-state index is 13.2. The van der Waals surface area contributed by atoms with Crippen molar-refractivity contribution in [1.29, 1.82) is 0 Å². The first-order valence-electron chi connectivity index (χ1n) is 11.3. The number of ether oxygens (including phenoxy) is 1. The van der Waals surface area contributed by atoms with Gasteiger partial charge in [-0.1, -0.05) is 32.1 Å². The maximum atomic E-state index is 13.2. The molecule has 33 heavy (non-hydrogen) atoms. The Morgan fingerprint density at radius 2 is 1.88 bits per heavy atom. The summed E-state index contributed by atoms with van der Waals surface area (Å²) in [5.74, 6) is -1.87. The first-order valence-corrected chi connectivity index (χ1v) is 12.9. The topological polar surface area (TPSA) is 152 Å². The second-order valence-electron chi connectivity index (χ2n) is 8.59. The molecular weight excluding hydrogens is 451 g/mol. The second-order valence-corrected chi connectivity index (χ2v) is 10.9. The van der Waals surface area contributed by atoms with Gasteiger partial charge in [-0.15, -0.1) is 0 Å². The molecule has 1 aliphatic rings. The summed E-state index contributed by atoms with van der Waals surface area (Å²) < 4.78 is 28.0. The van der Waals surface area contributed by atoms with Gasteiger partial charge in [0.1, 0.15) is 6.04 Å². The number of alkyl carbamates (subject to hydrolysis) is 1. The van der Waals surface area contributed by atoms with Crippen molar-refractivity contribution in [1.82, 2.24) is 20.6 Å². The smallest absolute Gasteiger partial charge is 0.408 e. The van der Waals surface area contributed by atoms with Crippen LogP contribution < -0.4 is 10.6 Å². The number of amides is 2. The van der Waals surface area contributed by atoms with Gasteiger partial charge in [0.25, 0.3) is 0 Å². The molecular formula is C21H37N4O7P. The lowest BCUT2D eigenvalue weighted by atomic mass is 9.85. The number of H-pyrrole nitrogens is 1. The fourth-order valence-corrected chi connectivity index (χ4v) is 5.26. The standard InChI is InChI=1S/C21H37N4O7P/c1-14(2)32-21(28)25-17(11-16-12-22-13-23-16)19(26)24-18(10-15-8-6-5-7-9-15)20(27)33(29,30-3)31-4/h12-15,17-18,20,27H,5-11H2,1-4H3,(H,22,23)(H,24,26)(H,25,28)/t17-,18-,20?/m0/s1. The fraction of sp³-hybridized carbons (Fsp3) is 0.762. The Balaban J connectivity index is 2.21. The first kappa shape index (κ1) is 27.3. The summed E-state index contributed by atoms with van der Waals surface area (Å²) in [6.45, 7) is 3.40. The summed E-state index contributed by atoms with van der Waals surface area (Å²) >= 11 is 0. The van der Waals surface area contributed by atoms with Gasteiger partial charge in [-0.25, -0.2) is 9.78 Å². The summed E-state index contributed by atoms with van der Waals surface area (Å²) in [4.78, 5) is 32.4. The molecule has 12 heteroatoms. The average molecular weight is 489 g/mol. The van der Waals surface area contributed by atoms with Gasteiger partial charge in [-0.05, 0) is 26.2 Å². The number of hydrogen-bond acceptors (Lipinski definition) is 8. The Labute approximate surface area is 194 Å². The molecule has 1 aromatic heterocycles. The molecule has 0 saturated heterocycles. The minimum Gasteiger partial charge on any atom is -0.447 e. The third-order valence-corrected chi connectivity index (χ3v) is 7.78. The van der Waals surface area contributed by atoms with Gasteiger partial charge in [-0.3, -0.25) is 9.36 Å². The molecule has 1 heterocycles. The van der Waals surface area contributed by atoms with E-state index < -0.39 is 37.5 Å². The van der Waals surface area contributed by atoms with Crippen molar-refractivity contribution >= 4 is 19.6 Å². The third kappa shape index (κ3) is 8.41. The van der Waals surface area contributed by atoms with Crippen molar-refractivity contribution in [2.24, 2.45) is 5.92 Å². The number of nitrogens with one attached hydrogen (secondary N) is 3. The molecule has 3 atom stereocenters. The SMILES string of the molecule is COP(=O)(OC)C(O)[C@H](CC1CCCCC1)NC(=O)[C@H](Cc1c[nH]cn1)NC(=O)OC(C)C. The van der Waals surface area contributed by atoms with E-state index in [2.05, 4.69) is 20.6 Å². The van der Waals surface area contributed by atoms with Crippen molar-refractivity contribution in [2.45, 2.75) is 82.8 Å². The number of carbonyl (C=O) groups excluding carboxylic acids is 2. The Morgan fingerprint density at radius 3 is 2.42 bits per heavy atom. The Kier molecular flexibility index (Phi) is 10.8. The second kappa shape index (κ2) is 13.1. The lowest BCUT2D eigenvalue weighted by molar-refractivity contribution is -0.124. The Bertz CT molecular complexity index is 776. The maximum Gasteiger partial charge on any atom is 0.408 e. The highest BCUT2D eigenvalue weighted by Crippen LogP contribution is 2.52. The quantitative estimate of drug-likeness (QED) is 0.328. The van der Waals surface area contributed by atoms with Crippen LogP contribution in [-0.2, 0) is 29.6 Å². The minimum atomic E-state index is -3.87. The van der Waals surface area contributed by atoms with Gasteiger partial charge in [0.15, 0.2) is 5.85 Å². The van der Waals surface area contributed by atoms with Crippen molar-refractivity contribution < 1.29 is 33.0 Å². The highest BCUT2D eigenvalue weighted by Gasteiger charge is 2.41. The monoisotopic (exact) mass is 488 g/mol. The zero-order valence-corrected chi connectivity index (χ0v) is 20.7. The number of carbonyl (C=O) groups is 2. The summed E-state index contributed by atoms with van der Waals surface area (Å²) in [5.41, 5.74) is 0.559. The Hall–Kier alpha value is -1.94. The number of aliphatic hydroxyl groups is 1. The summed E-state index contributed by atoms with van der Waals surface area (Å²) in [7, 11) is -1.49. The summed E-state index contributed by atoms with van der Waals surface area (Å²) in [5, 5.41) is 16.2. The molecule has 0 radical (unpaired) electrons. The van der Waals surface area contributed by atoms with Crippen LogP contribution in [0.25, 0.3) is 0 Å². The molecule has 0 spiro atoms. The van der Waals surface area contributed by atoms with Crippen molar-refractivity contribution in [3.05, 3.63) is 18.2 Å². The fourth-order valence-electron chi connectivity index (χ4n) is 4.04. The minimum absolute atomic E-state index is 0.0982. The molecule has 2 amide bonds. The molecule has 1 saturated carbocycles. The predicted octanol–water partition coefficient (Wildman–Crippen LogP) is 2.71. The van der Waals surface area contributed by atoms with Crippen LogP contribution in [0.2, 0.25) is 0 Å². The average Bonchev–Trinajstić information content (AvgIpc) is 3.30. The summed E-state index contributed by atoms with van der Waals surface area (Å²) in [6.07, 6.45) is 7.69. The van der Waals surface area contributed by atoms with Crippen LogP contribution in [0.4, 0.5) is 4.79 Å². The van der Waals surface area contributed by atoms with Crippen molar-refractivity contribution in [3.8, 4) is 0 Å². The van der Waals surface area contributed by atoms with E-state index in [-0.39, 0.29) is 18.4 Å². The van der Waals surface area contributed by atoms with Gasteiger partial charge < -0.3 is 34.5 Å². The van der Waals surface area contributed by atoms with E-state index in [0.29, 0.717) is 12.1 Å². The lowest BCUT2D eigenvalue weighted by Crippen LogP contribution is -2.54.